The summed E-state index contributed by atoms with van der Waals surface area (Å²) in [6.07, 6.45) is 8.52. The number of aryl methyl sites for hydroxylation is 1. The first-order chi connectivity index (χ1) is 12.7. The second kappa shape index (κ2) is 8.39. The van der Waals surface area contributed by atoms with Crippen LogP contribution in [0.2, 0.25) is 0 Å². The first-order valence-electron chi connectivity index (χ1n) is 8.32. The maximum absolute atomic E-state index is 8.36. The predicted octanol–water partition coefficient (Wildman–Crippen LogP) is 2.11. The Kier molecular flexibility index (Phi) is 5.75. The third kappa shape index (κ3) is 3.97. The lowest BCUT2D eigenvalue weighted by atomic mass is 9.95. The van der Waals surface area contributed by atoms with Crippen molar-refractivity contribution in [1.29, 1.82) is 0 Å². The van der Waals surface area contributed by atoms with Gasteiger partial charge in [-0.05, 0) is 37.1 Å². The Morgan fingerprint density at radius 3 is 2.81 bits per heavy atom. The van der Waals surface area contributed by atoms with Crippen LogP contribution in [0.15, 0.2) is 43.0 Å². The molecule has 4 rings (SSSR count). The van der Waals surface area contributed by atoms with Crippen molar-refractivity contribution in [3.05, 3.63) is 54.2 Å². The molecule has 0 amide bonds. The molecule has 1 fully saturated rings. The minimum absolute atomic E-state index is 0.250. The fraction of sp³-hybridized carbons (Fsp3) is 0.333. The summed E-state index contributed by atoms with van der Waals surface area (Å²) in [4.78, 5) is 16.9. The Hall–Kier alpha value is -3.00. The number of H-pyrrole nitrogens is 1. The standard InChI is InChI=1S/C17H19N5O.CH2O2/c1-12-8-15(21-20-12)17-19-6-7-22(17)16-11-23-10-14(16)9-13-2-4-18-5-3-13;2-1-3/h2-8,14,16H,9-11H2,1H3,(H,20,21);1H,(H,2,3)/t14-,16+;/m0./s1. The van der Waals surface area contributed by atoms with Gasteiger partial charge in [-0.2, -0.15) is 5.10 Å². The van der Waals surface area contributed by atoms with E-state index in [4.69, 9.17) is 14.6 Å². The van der Waals surface area contributed by atoms with E-state index in [-0.39, 0.29) is 12.5 Å². The zero-order chi connectivity index (χ0) is 18.4. The number of pyridine rings is 1. The monoisotopic (exact) mass is 355 g/mol. The number of carbonyl (C=O) groups is 1. The second-order valence-corrected chi connectivity index (χ2v) is 6.12. The number of aromatic amines is 1. The van der Waals surface area contributed by atoms with Crippen LogP contribution in [0.1, 0.15) is 17.3 Å². The summed E-state index contributed by atoms with van der Waals surface area (Å²) in [5.41, 5.74) is 3.20. The van der Waals surface area contributed by atoms with Crippen molar-refractivity contribution in [3.8, 4) is 11.5 Å². The average Bonchev–Trinajstić information content (AvgIpc) is 3.36. The fourth-order valence-electron chi connectivity index (χ4n) is 3.22. The minimum atomic E-state index is -0.250. The third-order valence-electron chi connectivity index (χ3n) is 4.37. The third-order valence-corrected chi connectivity index (χ3v) is 4.37. The molecular weight excluding hydrogens is 334 g/mol. The van der Waals surface area contributed by atoms with Gasteiger partial charge < -0.3 is 14.4 Å². The van der Waals surface area contributed by atoms with Crippen molar-refractivity contribution in [3.63, 3.8) is 0 Å². The molecule has 0 bridgehead atoms. The SMILES string of the molecule is Cc1cc(-c2nccn2[C@@H]2COC[C@@H]2Cc2ccncc2)n[nH]1.O=CO. The molecule has 2 atom stereocenters. The molecule has 1 aliphatic heterocycles. The molecule has 3 aromatic rings. The molecule has 4 heterocycles. The summed E-state index contributed by atoms with van der Waals surface area (Å²) in [7, 11) is 0. The van der Waals surface area contributed by atoms with Crippen LogP contribution >= 0.6 is 0 Å². The summed E-state index contributed by atoms with van der Waals surface area (Å²) < 4.78 is 7.97. The summed E-state index contributed by atoms with van der Waals surface area (Å²) in [5.74, 6) is 1.31. The van der Waals surface area contributed by atoms with Gasteiger partial charge in [-0.25, -0.2) is 4.98 Å². The van der Waals surface area contributed by atoms with E-state index in [2.05, 4.69) is 36.9 Å². The molecule has 136 valence electrons. The molecule has 8 heteroatoms. The molecule has 0 saturated carbocycles. The highest BCUT2D eigenvalue weighted by molar-refractivity contribution is 5.50. The van der Waals surface area contributed by atoms with E-state index in [1.54, 1.807) is 0 Å². The zero-order valence-electron chi connectivity index (χ0n) is 14.4. The Morgan fingerprint density at radius 1 is 1.35 bits per heavy atom. The molecule has 8 nitrogen and oxygen atoms in total. The minimum Gasteiger partial charge on any atom is -0.483 e. The number of rotatable bonds is 4. The van der Waals surface area contributed by atoms with Gasteiger partial charge in [0.25, 0.3) is 6.47 Å². The van der Waals surface area contributed by atoms with Crippen molar-refractivity contribution in [2.45, 2.75) is 19.4 Å². The Balaban J connectivity index is 0.000000613. The van der Waals surface area contributed by atoms with Gasteiger partial charge in [0.1, 0.15) is 5.69 Å². The summed E-state index contributed by atoms with van der Waals surface area (Å²) in [6.45, 7) is 3.22. The van der Waals surface area contributed by atoms with Crippen LogP contribution in [0.5, 0.6) is 0 Å². The Labute approximate surface area is 150 Å². The van der Waals surface area contributed by atoms with E-state index in [1.165, 1.54) is 5.56 Å². The maximum Gasteiger partial charge on any atom is 0.290 e. The summed E-state index contributed by atoms with van der Waals surface area (Å²) in [5, 5.41) is 14.2. The smallest absolute Gasteiger partial charge is 0.290 e. The number of nitrogens with zero attached hydrogens (tertiary/aromatic N) is 4. The van der Waals surface area contributed by atoms with Gasteiger partial charge in [0.2, 0.25) is 0 Å². The van der Waals surface area contributed by atoms with Gasteiger partial charge in [0, 0.05) is 36.4 Å². The first-order valence-corrected chi connectivity index (χ1v) is 8.32. The van der Waals surface area contributed by atoms with E-state index in [1.807, 2.05) is 37.8 Å². The highest BCUT2D eigenvalue weighted by Crippen LogP contribution is 2.32. The van der Waals surface area contributed by atoms with Gasteiger partial charge in [-0.3, -0.25) is 14.9 Å². The number of hydrogen-bond donors (Lipinski definition) is 2. The molecule has 26 heavy (non-hydrogen) atoms. The highest BCUT2D eigenvalue weighted by atomic mass is 16.5. The average molecular weight is 355 g/mol. The Morgan fingerprint density at radius 2 is 2.12 bits per heavy atom. The van der Waals surface area contributed by atoms with Gasteiger partial charge in [0.05, 0.1) is 19.3 Å². The van der Waals surface area contributed by atoms with Crippen LogP contribution in [-0.2, 0) is 16.0 Å². The fourth-order valence-corrected chi connectivity index (χ4v) is 3.22. The highest BCUT2D eigenvalue weighted by Gasteiger charge is 2.31. The van der Waals surface area contributed by atoms with Crippen LogP contribution in [-0.4, -0.2) is 49.5 Å². The number of hydrogen-bond acceptors (Lipinski definition) is 5. The Bertz CT molecular complexity index is 830. The summed E-state index contributed by atoms with van der Waals surface area (Å²) in [6, 6.07) is 6.44. The molecule has 0 unspecified atom stereocenters. The van der Waals surface area contributed by atoms with E-state index >= 15 is 0 Å². The van der Waals surface area contributed by atoms with Crippen molar-refractivity contribution in [2.75, 3.05) is 13.2 Å². The normalized spacial score (nSPS) is 19.0. The van der Waals surface area contributed by atoms with E-state index < -0.39 is 0 Å². The summed E-state index contributed by atoms with van der Waals surface area (Å²) >= 11 is 0. The quantitative estimate of drug-likeness (QED) is 0.694. The van der Waals surface area contributed by atoms with E-state index in [9.17, 15) is 0 Å². The van der Waals surface area contributed by atoms with Gasteiger partial charge in [-0.15, -0.1) is 0 Å². The lowest BCUT2D eigenvalue weighted by Crippen LogP contribution is -2.20. The molecule has 0 aromatic carbocycles. The second-order valence-electron chi connectivity index (χ2n) is 6.12. The lowest BCUT2D eigenvalue weighted by molar-refractivity contribution is -0.122. The van der Waals surface area contributed by atoms with E-state index in [0.717, 1.165) is 30.2 Å². The molecule has 1 aliphatic rings. The first kappa shape index (κ1) is 17.8. The lowest BCUT2D eigenvalue weighted by Gasteiger charge is -2.20. The van der Waals surface area contributed by atoms with Crippen molar-refractivity contribution < 1.29 is 14.6 Å². The van der Waals surface area contributed by atoms with Crippen molar-refractivity contribution in [2.24, 2.45) is 5.92 Å². The molecule has 3 aromatic heterocycles. The molecular formula is C18H21N5O3. The molecule has 0 spiro atoms. The predicted molar refractivity (Wildman–Crippen MR) is 94.5 cm³/mol. The van der Waals surface area contributed by atoms with Gasteiger partial charge in [0.15, 0.2) is 5.82 Å². The molecule has 0 radical (unpaired) electrons. The molecule has 1 saturated heterocycles. The van der Waals surface area contributed by atoms with Crippen molar-refractivity contribution in [1.82, 2.24) is 24.7 Å². The number of nitrogens with one attached hydrogen (secondary N) is 1. The van der Waals surface area contributed by atoms with Crippen LogP contribution in [0.3, 0.4) is 0 Å². The topological polar surface area (TPSA) is 106 Å². The van der Waals surface area contributed by atoms with Crippen LogP contribution in [0.25, 0.3) is 11.5 Å². The van der Waals surface area contributed by atoms with E-state index in [0.29, 0.717) is 12.5 Å². The zero-order valence-corrected chi connectivity index (χ0v) is 14.4. The number of carboxylic acid groups (broad SMARTS) is 1. The largest absolute Gasteiger partial charge is 0.483 e. The van der Waals surface area contributed by atoms with Gasteiger partial charge >= 0.3 is 0 Å². The van der Waals surface area contributed by atoms with Gasteiger partial charge in [-0.1, -0.05) is 0 Å². The van der Waals surface area contributed by atoms with Crippen molar-refractivity contribution >= 4 is 6.47 Å². The van der Waals surface area contributed by atoms with Crippen LogP contribution in [0.4, 0.5) is 0 Å². The van der Waals surface area contributed by atoms with Crippen LogP contribution < -0.4 is 0 Å². The molecule has 2 N–H and O–H groups in total. The number of imidazole rings is 1. The number of aromatic nitrogens is 5. The number of ether oxygens (including phenoxy) is 1. The maximum atomic E-state index is 8.36. The molecule has 0 aliphatic carbocycles. The van der Waals surface area contributed by atoms with Crippen LogP contribution in [0, 0.1) is 12.8 Å².